The Bertz CT molecular complexity index is 339. The number of aliphatic hydroxyl groups is 2. The molecule has 0 aliphatic heterocycles. The molecule has 90 valence electrons. The minimum Gasteiger partial charge on any atom is -0.475 e. The van der Waals surface area contributed by atoms with Gasteiger partial charge in [0.05, 0.1) is 6.61 Å². The fraction of sp³-hybridized carbons (Fsp3) is 0.583. The molecular formula is C12H19NO3. The second kappa shape index (κ2) is 5.82. The summed E-state index contributed by atoms with van der Waals surface area (Å²) < 4.78 is 5.31. The van der Waals surface area contributed by atoms with E-state index in [1.54, 1.807) is 0 Å². The number of hydrogen-bond acceptors (Lipinski definition) is 4. The van der Waals surface area contributed by atoms with Gasteiger partial charge in [-0.2, -0.15) is 0 Å². The van der Waals surface area contributed by atoms with Crippen molar-refractivity contribution in [2.24, 2.45) is 0 Å². The first-order valence-electron chi connectivity index (χ1n) is 5.43. The molecule has 1 rings (SSSR count). The van der Waals surface area contributed by atoms with Gasteiger partial charge in [0.25, 0.3) is 0 Å². The SMILES string of the molecule is Cc1cc(C(C)C)cc(OCC(O)CO)n1. The lowest BCUT2D eigenvalue weighted by Crippen LogP contribution is -2.21. The summed E-state index contributed by atoms with van der Waals surface area (Å²) in [5.74, 6) is 0.906. The first kappa shape index (κ1) is 12.9. The zero-order chi connectivity index (χ0) is 12.1. The summed E-state index contributed by atoms with van der Waals surface area (Å²) in [5.41, 5.74) is 2.04. The largest absolute Gasteiger partial charge is 0.475 e. The highest BCUT2D eigenvalue weighted by Crippen LogP contribution is 2.19. The molecule has 0 bridgehead atoms. The van der Waals surface area contributed by atoms with Crippen molar-refractivity contribution in [1.82, 2.24) is 4.98 Å². The van der Waals surface area contributed by atoms with Gasteiger partial charge in [0.1, 0.15) is 12.7 Å². The van der Waals surface area contributed by atoms with Crippen LogP contribution in [0.15, 0.2) is 12.1 Å². The fourth-order valence-electron chi connectivity index (χ4n) is 1.31. The van der Waals surface area contributed by atoms with Crippen LogP contribution in [0.1, 0.15) is 31.0 Å². The lowest BCUT2D eigenvalue weighted by Gasteiger charge is -2.12. The van der Waals surface area contributed by atoms with Crippen LogP contribution in [0.25, 0.3) is 0 Å². The van der Waals surface area contributed by atoms with Gasteiger partial charge in [-0.1, -0.05) is 13.8 Å². The van der Waals surface area contributed by atoms with Crippen molar-refractivity contribution in [2.75, 3.05) is 13.2 Å². The minimum absolute atomic E-state index is 0.0600. The quantitative estimate of drug-likeness (QED) is 0.791. The Morgan fingerprint density at radius 1 is 1.38 bits per heavy atom. The lowest BCUT2D eigenvalue weighted by molar-refractivity contribution is 0.0520. The van der Waals surface area contributed by atoms with Crippen molar-refractivity contribution in [2.45, 2.75) is 32.8 Å². The van der Waals surface area contributed by atoms with Crippen LogP contribution in [0, 0.1) is 6.92 Å². The summed E-state index contributed by atoms with van der Waals surface area (Å²) in [5, 5.41) is 17.8. The molecule has 0 amide bonds. The second-order valence-electron chi connectivity index (χ2n) is 4.18. The number of rotatable bonds is 5. The predicted molar refractivity (Wildman–Crippen MR) is 61.7 cm³/mol. The molecule has 16 heavy (non-hydrogen) atoms. The molecule has 1 atom stereocenters. The molecule has 0 saturated heterocycles. The highest BCUT2D eigenvalue weighted by molar-refractivity contribution is 5.26. The van der Waals surface area contributed by atoms with Crippen molar-refractivity contribution in [3.8, 4) is 5.88 Å². The van der Waals surface area contributed by atoms with Gasteiger partial charge in [0, 0.05) is 11.8 Å². The maximum atomic E-state index is 9.16. The third kappa shape index (κ3) is 3.79. The minimum atomic E-state index is -0.857. The summed E-state index contributed by atoms with van der Waals surface area (Å²) in [6.07, 6.45) is -0.857. The van der Waals surface area contributed by atoms with Gasteiger partial charge in [-0.25, -0.2) is 4.98 Å². The van der Waals surface area contributed by atoms with E-state index >= 15 is 0 Å². The zero-order valence-electron chi connectivity index (χ0n) is 9.97. The molecule has 1 heterocycles. The van der Waals surface area contributed by atoms with Crippen LogP contribution >= 0.6 is 0 Å². The third-order valence-electron chi connectivity index (χ3n) is 2.25. The summed E-state index contributed by atoms with van der Waals surface area (Å²) in [6, 6.07) is 3.88. The highest BCUT2D eigenvalue weighted by Gasteiger charge is 2.07. The van der Waals surface area contributed by atoms with E-state index in [0.29, 0.717) is 11.8 Å². The van der Waals surface area contributed by atoms with Crippen LogP contribution in [-0.4, -0.2) is 34.5 Å². The molecule has 4 nitrogen and oxygen atoms in total. The zero-order valence-corrected chi connectivity index (χ0v) is 9.97. The Morgan fingerprint density at radius 2 is 2.06 bits per heavy atom. The standard InChI is InChI=1S/C12H19NO3/c1-8(2)10-4-9(3)13-12(5-10)16-7-11(15)6-14/h4-5,8,11,14-15H,6-7H2,1-3H3. The van der Waals surface area contributed by atoms with Crippen LogP contribution in [0.5, 0.6) is 5.88 Å². The number of nitrogens with zero attached hydrogens (tertiary/aromatic N) is 1. The average molecular weight is 225 g/mol. The Morgan fingerprint density at radius 3 is 2.62 bits per heavy atom. The molecular weight excluding hydrogens is 206 g/mol. The van der Waals surface area contributed by atoms with E-state index in [-0.39, 0.29) is 13.2 Å². The molecule has 0 saturated carbocycles. The van der Waals surface area contributed by atoms with Crippen LogP contribution in [-0.2, 0) is 0 Å². The summed E-state index contributed by atoms with van der Waals surface area (Å²) in [4.78, 5) is 4.21. The first-order valence-corrected chi connectivity index (χ1v) is 5.43. The molecule has 0 spiro atoms. The average Bonchev–Trinajstić information content (AvgIpc) is 2.25. The van der Waals surface area contributed by atoms with Gasteiger partial charge >= 0.3 is 0 Å². The van der Waals surface area contributed by atoms with Gasteiger partial charge in [-0.15, -0.1) is 0 Å². The molecule has 1 aromatic heterocycles. The van der Waals surface area contributed by atoms with Crippen LogP contribution in [0.4, 0.5) is 0 Å². The molecule has 0 radical (unpaired) electrons. The third-order valence-corrected chi connectivity index (χ3v) is 2.25. The Labute approximate surface area is 95.9 Å². The van der Waals surface area contributed by atoms with Crippen molar-refractivity contribution in [1.29, 1.82) is 0 Å². The highest BCUT2D eigenvalue weighted by atomic mass is 16.5. The lowest BCUT2D eigenvalue weighted by atomic mass is 10.0. The Balaban J connectivity index is 2.72. The first-order chi connectivity index (χ1) is 7.52. The topological polar surface area (TPSA) is 62.6 Å². The number of aliphatic hydroxyl groups excluding tert-OH is 2. The van der Waals surface area contributed by atoms with E-state index < -0.39 is 6.10 Å². The van der Waals surface area contributed by atoms with Crippen LogP contribution in [0.3, 0.4) is 0 Å². The summed E-state index contributed by atoms with van der Waals surface area (Å²) >= 11 is 0. The van der Waals surface area contributed by atoms with E-state index in [4.69, 9.17) is 14.9 Å². The molecule has 0 aliphatic rings. The number of ether oxygens (including phenoxy) is 1. The van der Waals surface area contributed by atoms with Crippen molar-refractivity contribution in [3.63, 3.8) is 0 Å². The smallest absolute Gasteiger partial charge is 0.213 e. The normalized spacial score (nSPS) is 12.9. The Kier molecular flexibility index (Phi) is 4.71. The fourth-order valence-corrected chi connectivity index (χ4v) is 1.31. The van der Waals surface area contributed by atoms with E-state index in [2.05, 4.69) is 18.8 Å². The second-order valence-corrected chi connectivity index (χ2v) is 4.18. The predicted octanol–water partition coefficient (Wildman–Crippen LogP) is 1.25. The number of hydrogen-bond donors (Lipinski definition) is 2. The summed E-state index contributed by atoms with van der Waals surface area (Å²) in [6.45, 7) is 5.86. The molecule has 1 aromatic rings. The van der Waals surface area contributed by atoms with Gasteiger partial charge in [0.15, 0.2) is 0 Å². The molecule has 0 aromatic carbocycles. The van der Waals surface area contributed by atoms with Crippen molar-refractivity contribution < 1.29 is 14.9 Å². The molecule has 1 unspecified atom stereocenters. The maximum Gasteiger partial charge on any atom is 0.213 e. The van der Waals surface area contributed by atoms with E-state index in [1.807, 2.05) is 19.1 Å². The van der Waals surface area contributed by atoms with Gasteiger partial charge in [0.2, 0.25) is 5.88 Å². The van der Waals surface area contributed by atoms with E-state index in [1.165, 1.54) is 0 Å². The molecule has 0 fully saturated rings. The van der Waals surface area contributed by atoms with Crippen molar-refractivity contribution in [3.05, 3.63) is 23.4 Å². The summed E-state index contributed by atoms with van der Waals surface area (Å²) in [7, 11) is 0. The van der Waals surface area contributed by atoms with Crippen LogP contribution < -0.4 is 4.74 Å². The van der Waals surface area contributed by atoms with E-state index in [9.17, 15) is 0 Å². The molecule has 4 heteroatoms. The van der Waals surface area contributed by atoms with Crippen LogP contribution in [0.2, 0.25) is 0 Å². The Hall–Kier alpha value is -1.13. The van der Waals surface area contributed by atoms with E-state index in [0.717, 1.165) is 11.3 Å². The maximum absolute atomic E-state index is 9.16. The number of pyridine rings is 1. The monoisotopic (exact) mass is 225 g/mol. The molecule has 0 aliphatic carbocycles. The van der Waals surface area contributed by atoms with Crippen molar-refractivity contribution >= 4 is 0 Å². The molecule has 2 N–H and O–H groups in total. The van der Waals surface area contributed by atoms with Gasteiger partial charge < -0.3 is 14.9 Å². The van der Waals surface area contributed by atoms with Gasteiger partial charge in [-0.05, 0) is 24.5 Å². The number of aryl methyl sites for hydroxylation is 1. The van der Waals surface area contributed by atoms with Gasteiger partial charge in [-0.3, -0.25) is 0 Å². The number of aromatic nitrogens is 1.